The van der Waals surface area contributed by atoms with Crippen LogP contribution in [0.4, 0.5) is 5.82 Å². The molecule has 0 bridgehead atoms. The van der Waals surface area contributed by atoms with Crippen LogP contribution in [-0.2, 0) is 4.79 Å². The Morgan fingerprint density at radius 3 is 2.94 bits per heavy atom. The number of hydrogen-bond acceptors (Lipinski definition) is 4. The molecule has 3 N–H and O–H groups in total. The molecule has 94 valence electrons. The largest absolute Gasteiger partial charge is 0.325 e. The van der Waals surface area contributed by atoms with E-state index in [-0.39, 0.29) is 18.0 Å². The molecule has 0 unspecified atom stereocenters. The Kier molecular flexibility index (Phi) is 3.44. The van der Waals surface area contributed by atoms with Gasteiger partial charge in [-0.15, -0.1) is 0 Å². The summed E-state index contributed by atoms with van der Waals surface area (Å²) >= 11 is 0. The molecule has 0 saturated carbocycles. The van der Waals surface area contributed by atoms with Crippen LogP contribution in [0.1, 0.15) is 19.9 Å². The van der Waals surface area contributed by atoms with Crippen LogP contribution < -0.4 is 11.1 Å². The van der Waals surface area contributed by atoms with Crippen LogP contribution in [0.25, 0.3) is 0 Å². The van der Waals surface area contributed by atoms with Gasteiger partial charge in [0, 0.05) is 31.2 Å². The Labute approximate surface area is 101 Å². The second-order valence-electron chi connectivity index (χ2n) is 4.76. The highest BCUT2D eigenvalue weighted by Gasteiger charge is 2.24. The second-order valence-corrected chi connectivity index (χ2v) is 4.76. The molecule has 1 amide bonds. The van der Waals surface area contributed by atoms with E-state index in [4.69, 9.17) is 5.73 Å². The summed E-state index contributed by atoms with van der Waals surface area (Å²) in [5.74, 6) is 0.731. The van der Waals surface area contributed by atoms with Crippen LogP contribution >= 0.6 is 0 Å². The first-order valence-corrected chi connectivity index (χ1v) is 5.87. The maximum atomic E-state index is 11.8. The third kappa shape index (κ3) is 2.83. The number of hydrogen-bond donors (Lipinski definition) is 2. The third-order valence-corrected chi connectivity index (χ3v) is 2.78. The van der Waals surface area contributed by atoms with E-state index in [1.807, 2.05) is 18.7 Å². The van der Waals surface area contributed by atoms with Crippen LogP contribution in [0, 0.1) is 0 Å². The van der Waals surface area contributed by atoms with Crippen LogP contribution in [0.2, 0.25) is 0 Å². The minimum Gasteiger partial charge on any atom is -0.325 e. The Bertz CT molecular complexity index is 394. The monoisotopic (exact) mass is 237 g/mol. The predicted octanol–water partition coefficient (Wildman–Crippen LogP) is 0.0454. The number of anilines is 1. The lowest BCUT2D eigenvalue weighted by molar-refractivity contribution is -0.118. The van der Waals surface area contributed by atoms with Crippen molar-refractivity contribution in [1.82, 2.24) is 14.7 Å². The van der Waals surface area contributed by atoms with Gasteiger partial charge < -0.3 is 11.1 Å². The molecule has 0 spiro atoms. The Morgan fingerprint density at radius 2 is 2.35 bits per heavy atom. The molecule has 0 radical (unpaired) electrons. The normalized spacial score (nSPS) is 17.2. The average Bonchev–Trinajstić information content (AvgIpc) is 2.63. The average molecular weight is 237 g/mol. The van der Waals surface area contributed by atoms with Gasteiger partial charge in [0.05, 0.1) is 12.7 Å². The van der Waals surface area contributed by atoms with Gasteiger partial charge in [-0.25, -0.2) is 4.68 Å². The Hall–Kier alpha value is -1.40. The summed E-state index contributed by atoms with van der Waals surface area (Å²) in [5, 5.41) is 7.03. The van der Waals surface area contributed by atoms with Crippen molar-refractivity contribution in [2.45, 2.75) is 25.9 Å². The van der Waals surface area contributed by atoms with E-state index in [9.17, 15) is 4.79 Å². The molecule has 0 aromatic carbocycles. The highest BCUT2D eigenvalue weighted by atomic mass is 16.2. The standard InChI is InChI=1S/C11H19N5O/c1-8(2)16-10(3-4-13-16)14-11(17)7-15-5-9(12)6-15/h3-4,8-9H,5-7,12H2,1-2H3,(H,14,17). The van der Waals surface area contributed by atoms with Gasteiger partial charge in [0.1, 0.15) is 5.82 Å². The predicted molar refractivity (Wildman–Crippen MR) is 65.7 cm³/mol. The Balaban J connectivity index is 1.87. The van der Waals surface area contributed by atoms with Crippen molar-refractivity contribution < 1.29 is 4.79 Å². The molecule has 1 aromatic heterocycles. The number of likely N-dealkylation sites (tertiary alicyclic amines) is 1. The zero-order chi connectivity index (χ0) is 12.4. The van der Waals surface area contributed by atoms with Gasteiger partial charge in [0.2, 0.25) is 5.91 Å². The number of carbonyl (C=O) groups excluding carboxylic acids is 1. The first kappa shape index (κ1) is 12.1. The lowest BCUT2D eigenvalue weighted by Gasteiger charge is -2.36. The molecule has 2 rings (SSSR count). The van der Waals surface area contributed by atoms with Crippen molar-refractivity contribution >= 4 is 11.7 Å². The van der Waals surface area contributed by atoms with Crippen LogP contribution in [0.15, 0.2) is 12.3 Å². The quantitative estimate of drug-likeness (QED) is 0.775. The molecule has 0 atom stereocenters. The smallest absolute Gasteiger partial charge is 0.239 e. The number of carbonyl (C=O) groups is 1. The van der Waals surface area contributed by atoms with Gasteiger partial charge in [-0.3, -0.25) is 9.69 Å². The third-order valence-electron chi connectivity index (χ3n) is 2.78. The first-order chi connectivity index (χ1) is 8.06. The van der Waals surface area contributed by atoms with E-state index in [0.717, 1.165) is 18.9 Å². The van der Waals surface area contributed by atoms with Gasteiger partial charge >= 0.3 is 0 Å². The molecule has 1 aliphatic rings. The Morgan fingerprint density at radius 1 is 1.65 bits per heavy atom. The minimum atomic E-state index is -0.0145. The van der Waals surface area contributed by atoms with Gasteiger partial charge in [0.15, 0.2) is 0 Å². The topological polar surface area (TPSA) is 76.2 Å². The fraction of sp³-hybridized carbons (Fsp3) is 0.636. The van der Waals surface area contributed by atoms with E-state index >= 15 is 0 Å². The number of amides is 1. The summed E-state index contributed by atoms with van der Waals surface area (Å²) in [5.41, 5.74) is 5.66. The van der Waals surface area contributed by atoms with Crippen molar-refractivity contribution in [1.29, 1.82) is 0 Å². The fourth-order valence-electron chi connectivity index (χ4n) is 1.95. The maximum absolute atomic E-state index is 11.8. The number of nitrogens with one attached hydrogen (secondary N) is 1. The summed E-state index contributed by atoms with van der Waals surface area (Å²) in [6.07, 6.45) is 1.69. The first-order valence-electron chi connectivity index (χ1n) is 5.87. The summed E-state index contributed by atoms with van der Waals surface area (Å²) in [7, 11) is 0. The summed E-state index contributed by atoms with van der Waals surface area (Å²) in [4.78, 5) is 13.8. The molecule has 17 heavy (non-hydrogen) atoms. The second kappa shape index (κ2) is 4.85. The van der Waals surface area contributed by atoms with E-state index in [1.165, 1.54) is 0 Å². The highest BCUT2D eigenvalue weighted by Crippen LogP contribution is 2.13. The van der Waals surface area contributed by atoms with Crippen molar-refractivity contribution in [3.05, 3.63) is 12.3 Å². The number of nitrogens with two attached hydrogens (primary N) is 1. The summed E-state index contributed by atoms with van der Waals surface area (Å²) < 4.78 is 1.79. The molecule has 6 heteroatoms. The van der Waals surface area contributed by atoms with Crippen molar-refractivity contribution in [2.75, 3.05) is 25.0 Å². The molecular weight excluding hydrogens is 218 g/mol. The summed E-state index contributed by atoms with van der Waals surface area (Å²) in [6, 6.07) is 2.27. The van der Waals surface area contributed by atoms with E-state index in [1.54, 1.807) is 16.9 Å². The van der Waals surface area contributed by atoms with E-state index < -0.39 is 0 Å². The van der Waals surface area contributed by atoms with Crippen molar-refractivity contribution in [3.63, 3.8) is 0 Å². The maximum Gasteiger partial charge on any atom is 0.239 e. The highest BCUT2D eigenvalue weighted by molar-refractivity contribution is 5.91. The number of rotatable bonds is 4. The van der Waals surface area contributed by atoms with E-state index in [0.29, 0.717) is 6.54 Å². The van der Waals surface area contributed by atoms with Crippen LogP contribution in [-0.4, -0.2) is 46.3 Å². The molecule has 1 saturated heterocycles. The molecule has 6 nitrogen and oxygen atoms in total. The zero-order valence-electron chi connectivity index (χ0n) is 10.3. The van der Waals surface area contributed by atoms with Gasteiger partial charge in [-0.2, -0.15) is 5.10 Å². The van der Waals surface area contributed by atoms with Gasteiger partial charge in [-0.1, -0.05) is 0 Å². The lowest BCUT2D eigenvalue weighted by atomic mass is 10.1. The molecule has 1 fully saturated rings. The number of aromatic nitrogens is 2. The van der Waals surface area contributed by atoms with Crippen molar-refractivity contribution in [2.24, 2.45) is 5.73 Å². The lowest BCUT2D eigenvalue weighted by Crippen LogP contribution is -2.57. The van der Waals surface area contributed by atoms with Crippen LogP contribution in [0.3, 0.4) is 0 Å². The van der Waals surface area contributed by atoms with Gasteiger partial charge in [-0.05, 0) is 13.8 Å². The SMILES string of the molecule is CC(C)n1nccc1NC(=O)CN1CC(N)C1. The zero-order valence-corrected chi connectivity index (χ0v) is 10.3. The minimum absolute atomic E-state index is 0.0145. The number of nitrogens with zero attached hydrogens (tertiary/aromatic N) is 3. The fourth-order valence-corrected chi connectivity index (χ4v) is 1.95. The molecule has 2 heterocycles. The molecule has 0 aliphatic carbocycles. The van der Waals surface area contributed by atoms with Crippen molar-refractivity contribution in [3.8, 4) is 0 Å². The summed E-state index contributed by atoms with van der Waals surface area (Å²) in [6.45, 7) is 6.05. The van der Waals surface area contributed by atoms with Gasteiger partial charge in [0.25, 0.3) is 0 Å². The van der Waals surface area contributed by atoms with Crippen LogP contribution in [0.5, 0.6) is 0 Å². The molecular formula is C11H19N5O. The molecule has 1 aromatic rings. The van der Waals surface area contributed by atoms with E-state index in [2.05, 4.69) is 10.4 Å². The molecule has 1 aliphatic heterocycles.